The molecule has 2 rings (SSSR count). The van der Waals surface area contributed by atoms with Gasteiger partial charge in [0.25, 0.3) is 0 Å². The highest BCUT2D eigenvalue weighted by molar-refractivity contribution is 7.17. The molecule has 1 aromatic heterocycles. The van der Waals surface area contributed by atoms with Crippen LogP contribution >= 0.6 is 11.3 Å². The Bertz CT molecular complexity index is 610. The van der Waals surface area contributed by atoms with Crippen LogP contribution in [0.4, 0.5) is 15.2 Å². The minimum absolute atomic E-state index is 0.282. The molecule has 0 amide bonds. The lowest BCUT2D eigenvalue weighted by Gasteiger charge is -2.19. The number of benzene rings is 1. The summed E-state index contributed by atoms with van der Waals surface area (Å²) in [6, 6.07) is 6.18. The molecule has 0 saturated carbocycles. The van der Waals surface area contributed by atoms with Crippen LogP contribution in [0.5, 0.6) is 0 Å². The molecule has 0 N–H and O–H groups in total. The number of hydrogen-bond acceptors (Lipinski definition) is 5. The Morgan fingerprint density at radius 2 is 2.05 bits per heavy atom. The number of aromatic nitrogens is 1. The second-order valence-electron chi connectivity index (χ2n) is 4.12. The molecule has 1 heterocycles. The van der Waals surface area contributed by atoms with Crippen LogP contribution in [0.25, 0.3) is 0 Å². The van der Waals surface area contributed by atoms with E-state index in [4.69, 9.17) is 4.74 Å². The predicted octanol–water partition coefficient (Wildman–Crippen LogP) is 3.54. The number of carbonyl (C=O) groups excluding carboxylic acids is 1. The molecule has 0 fully saturated rings. The summed E-state index contributed by atoms with van der Waals surface area (Å²) in [5.74, 6) is -0.670. The average Bonchev–Trinajstić information content (AvgIpc) is 2.83. The third-order valence-electron chi connectivity index (χ3n) is 2.84. The molecular weight excluding hydrogens is 279 g/mol. The van der Waals surface area contributed by atoms with Gasteiger partial charge < -0.3 is 9.64 Å². The zero-order valence-electron chi connectivity index (χ0n) is 11.5. The Morgan fingerprint density at radius 1 is 1.40 bits per heavy atom. The van der Waals surface area contributed by atoms with Gasteiger partial charge in [-0.25, -0.2) is 14.2 Å². The number of esters is 1. The topological polar surface area (TPSA) is 42.4 Å². The van der Waals surface area contributed by atoms with Crippen LogP contribution < -0.4 is 4.90 Å². The number of hydrogen-bond donors (Lipinski definition) is 0. The predicted molar refractivity (Wildman–Crippen MR) is 77.3 cm³/mol. The first kappa shape index (κ1) is 14.5. The maximum atomic E-state index is 13.0. The largest absolute Gasteiger partial charge is 0.465 e. The molecule has 2 aromatic rings. The zero-order chi connectivity index (χ0) is 14.7. The van der Waals surface area contributed by atoms with Crippen LogP contribution in [0.1, 0.15) is 22.3 Å². The highest BCUT2D eigenvalue weighted by Gasteiger charge is 2.19. The second kappa shape index (κ2) is 6.00. The summed E-state index contributed by atoms with van der Waals surface area (Å²) in [7, 11) is 1.35. The lowest BCUT2D eigenvalue weighted by atomic mass is 10.3. The molecule has 0 aliphatic carbocycles. The number of halogens is 1. The van der Waals surface area contributed by atoms with Crippen LogP contribution in [0.3, 0.4) is 0 Å². The van der Waals surface area contributed by atoms with E-state index in [-0.39, 0.29) is 11.8 Å². The average molecular weight is 294 g/mol. The molecule has 0 aliphatic rings. The smallest absolute Gasteiger partial charge is 0.350 e. The summed E-state index contributed by atoms with van der Waals surface area (Å²) >= 11 is 1.27. The zero-order valence-corrected chi connectivity index (χ0v) is 12.3. The molecule has 0 atom stereocenters. The minimum atomic E-state index is -0.388. The van der Waals surface area contributed by atoms with E-state index in [0.29, 0.717) is 22.2 Å². The molecule has 0 aliphatic heterocycles. The Labute approximate surface area is 120 Å². The molecule has 106 valence electrons. The molecular formula is C14H15FN2O2S. The number of carbonyl (C=O) groups is 1. The fourth-order valence-electron chi connectivity index (χ4n) is 1.83. The van der Waals surface area contributed by atoms with Gasteiger partial charge in [0.15, 0.2) is 5.13 Å². The molecule has 0 spiro atoms. The van der Waals surface area contributed by atoms with Crippen molar-refractivity contribution in [1.29, 1.82) is 0 Å². The second-order valence-corrected chi connectivity index (χ2v) is 5.10. The van der Waals surface area contributed by atoms with Crippen LogP contribution in [0, 0.1) is 12.7 Å². The van der Waals surface area contributed by atoms with E-state index in [1.165, 1.54) is 30.6 Å². The van der Waals surface area contributed by atoms with Crippen LogP contribution in [0.2, 0.25) is 0 Å². The van der Waals surface area contributed by atoms with Crippen molar-refractivity contribution in [3.8, 4) is 0 Å². The minimum Gasteiger partial charge on any atom is -0.465 e. The van der Waals surface area contributed by atoms with Crippen molar-refractivity contribution in [2.75, 3.05) is 18.6 Å². The summed E-state index contributed by atoms with van der Waals surface area (Å²) in [4.78, 5) is 18.4. The van der Waals surface area contributed by atoms with Gasteiger partial charge in [0.05, 0.1) is 12.8 Å². The third kappa shape index (κ3) is 2.80. The molecule has 0 saturated heterocycles. The highest BCUT2D eigenvalue weighted by atomic mass is 32.1. The van der Waals surface area contributed by atoms with Gasteiger partial charge >= 0.3 is 5.97 Å². The molecule has 20 heavy (non-hydrogen) atoms. The summed E-state index contributed by atoms with van der Waals surface area (Å²) in [6.07, 6.45) is 0. The van der Waals surface area contributed by atoms with Gasteiger partial charge in [0.1, 0.15) is 10.7 Å². The van der Waals surface area contributed by atoms with Crippen LogP contribution in [-0.4, -0.2) is 24.6 Å². The van der Waals surface area contributed by atoms with Gasteiger partial charge in [-0.05, 0) is 38.1 Å². The standard InChI is InChI=1S/C14H15FN2O2S/c1-4-17(11-7-5-10(15)6-8-11)14-16-9(2)12(20-14)13(18)19-3/h5-8H,4H2,1-3H3. The van der Waals surface area contributed by atoms with Crippen molar-refractivity contribution >= 4 is 28.1 Å². The molecule has 1 aromatic carbocycles. The van der Waals surface area contributed by atoms with Crippen molar-refractivity contribution in [1.82, 2.24) is 4.98 Å². The van der Waals surface area contributed by atoms with Gasteiger partial charge in [0.2, 0.25) is 0 Å². The van der Waals surface area contributed by atoms with E-state index >= 15 is 0 Å². The molecule has 6 heteroatoms. The number of nitrogens with zero attached hydrogens (tertiary/aromatic N) is 2. The number of aryl methyl sites for hydroxylation is 1. The molecule has 0 unspecified atom stereocenters. The molecule has 0 radical (unpaired) electrons. The normalized spacial score (nSPS) is 10.4. The first-order valence-corrected chi connectivity index (χ1v) is 6.97. The van der Waals surface area contributed by atoms with E-state index in [2.05, 4.69) is 4.98 Å². The number of anilines is 2. The summed E-state index contributed by atoms with van der Waals surface area (Å²) in [5, 5.41) is 0.692. The van der Waals surface area contributed by atoms with Crippen molar-refractivity contribution in [3.05, 3.63) is 40.7 Å². The quantitative estimate of drug-likeness (QED) is 0.809. The summed E-state index contributed by atoms with van der Waals surface area (Å²) in [5.41, 5.74) is 1.47. The fraction of sp³-hybridized carbons (Fsp3) is 0.286. The van der Waals surface area contributed by atoms with Gasteiger partial charge in [-0.2, -0.15) is 0 Å². The molecule has 4 nitrogen and oxygen atoms in total. The van der Waals surface area contributed by atoms with E-state index < -0.39 is 0 Å². The van der Waals surface area contributed by atoms with Crippen molar-refractivity contribution < 1.29 is 13.9 Å². The van der Waals surface area contributed by atoms with E-state index in [9.17, 15) is 9.18 Å². The highest BCUT2D eigenvalue weighted by Crippen LogP contribution is 2.31. The maximum absolute atomic E-state index is 13.0. The first-order valence-electron chi connectivity index (χ1n) is 6.15. The Hall–Kier alpha value is -1.95. The fourth-order valence-corrected chi connectivity index (χ4v) is 2.90. The van der Waals surface area contributed by atoms with Crippen molar-refractivity contribution in [3.63, 3.8) is 0 Å². The summed E-state index contributed by atoms with van der Waals surface area (Å²) in [6.45, 7) is 4.40. The van der Waals surface area contributed by atoms with Crippen LogP contribution in [0.15, 0.2) is 24.3 Å². The van der Waals surface area contributed by atoms with Gasteiger partial charge in [-0.3, -0.25) is 0 Å². The molecule has 0 bridgehead atoms. The lowest BCUT2D eigenvalue weighted by Crippen LogP contribution is -2.15. The van der Waals surface area contributed by atoms with Crippen molar-refractivity contribution in [2.45, 2.75) is 13.8 Å². The number of ether oxygens (including phenoxy) is 1. The summed E-state index contributed by atoms with van der Waals surface area (Å²) < 4.78 is 17.7. The van der Waals surface area contributed by atoms with E-state index in [1.54, 1.807) is 19.1 Å². The van der Waals surface area contributed by atoms with Crippen LogP contribution in [-0.2, 0) is 4.74 Å². The van der Waals surface area contributed by atoms with Gasteiger partial charge in [-0.1, -0.05) is 11.3 Å². The van der Waals surface area contributed by atoms with E-state index in [1.807, 2.05) is 11.8 Å². The monoisotopic (exact) mass is 294 g/mol. The van der Waals surface area contributed by atoms with Gasteiger partial charge in [0, 0.05) is 12.2 Å². The van der Waals surface area contributed by atoms with Crippen molar-refractivity contribution in [2.24, 2.45) is 0 Å². The lowest BCUT2D eigenvalue weighted by molar-refractivity contribution is 0.0605. The van der Waals surface area contributed by atoms with E-state index in [0.717, 1.165) is 5.69 Å². The Morgan fingerprint density at radius 3 is 2.60 bits per heavy atom. The number of thiazole rings is 1. The Balaban J connectivity index is 2.37. The Kier molecular flexibility index (Phi) is 4.34. The maximum Gasteiger partial charge on any atom is 0.350 e. The number of rotatable bonds is 4. The number of methoxy groups -OCH3 is 1. The third-order valence-corrected chi connectivity index (χ3v) is 4.00. The van der Waals surface area contributed by atoms with Gasteiger partial charge in [-0.15, -0.1) is 0 Å². The SMILES string of the molecule is CCN(c1ccc(F)cc1)c1nc(C)c(C(=O)OC)s1. The first-order chi connectivity index (χ1) is 9.56.